The first kappa shape index (κ1) is 34.7. The number of aliphatic hydroxyl groups excluding tert-OH is 1. The lowest BCUT2D eigenvalue weighted by molar-refractivity contribution is -0.276. The number of alkyl halides is 3. The van der Waals surface area contributed by atoms with Crippen molar-refractivity contribution in [1.82, 2.24) is 15.1 Å². The molecule has 0 radical (unpaired) electrons. The van der Waals surface area contributed by atoms with Gasteiger partial charge < -0.3 is 24.8 Å². The van der Waals surface area contributed by atoms with Gasteiger partial charge in [-0.25, -0.2) is 0 Å². The molecule has 0 spiro atoms. The minimum absolute atomic E-state index is 0.0117. The molecule has 3 aromatic carbocycles. The van der Waals surface area contributed by atoms with E-state index in [1.54, 1.807) is 0 Å². The number of hydrogen-bond donors (Lipinski definition) is 2. The second kappa shape index (κ2) is 15.6. The Morgan fingerprint density at radius 3 is 2.30 bits per heavy atom. The normalized spacial score (nSPS) is 25.7. The molecule has 252 valence electrons. The summed E-state index contributed by atoms with van der Waals surface area (Å²) in [5, 5.41) is 12.3. The molecule has 3 aliphatic heterocycles. The van der Waals surface area contributed by atoms with Gasteiger partial charge in [0.1, 0.15) is 0 Å². The fourth-order valence-corrected chi connectivity index (χ4v) is 7.42. The standard InChI is InChI=1S/C37H44Cl3N3O4/c1-25-33(23-43-20-6-8-31(43)22-42-18-4-5-19-42)46-35(47-34(25)28-12-10-26(24-44)11-13-28)29-16-14-27(15-17-29)32-9-3-2-7-30(32)21-41-36(45)37(38,39)40/h2-3,7,9-17,25,31,33-35,44H,4-6,8,18-24H2,1H3,(H,41,45). The first-order valence-electron chi connectivity index (χ1n) is 16.7. The number of aliphatic hydroxyl groups is 1. The summed E-state index contributed by atoms with van der Waals surface area (Å²) in [6, 6.07) is 24.7. The van der Waals surface area contributed by atoms with Gasteiger partial charge >= 0.3 is 0 Å². The molecule has 0 aromatic heterocycles. The van der Waals surface area contributed by atoms with Crippen molar-refractivity contribution in [2.24, 2.45) is 5.92 Å². The van der Waals surface area contributed by atoms with Crippen molar-refractivity contribution in [2.75, 3.05) is 32.7 Å². The number of nitrogens with one attached hydrogen (secondary N) is 1. The summed E-state index contributed by atoms with van der Waals surface area (Å²) >= 11 is 17.2. The van der Waals surface area contributed by atoms with Gasteiger partial charge in [0.25, 0.3) is 9.70 Å². The van der Waals surface area contributed by atoms with Crippen LogP contribution in [0.25, 0.3) is 11.1 Å². The number of amides is 1. The topological polar surface area (TPSA) is 74.3 Å². The second-order valence-electron chi connectivity index (χ2n) is 13.1. The zero-order chi connectivity index (χ0) is 33.0. The number of likely N-dealkylation sites (tertiary alicyclic amines) is 2. The van der Waals surface area contributed by atoms with Crippen LogP contribution in [0, 0.1) is 5.92 Å². The van der Waals surface area contributed by atoms with Crippen LogP contribution in [-0.2, 0) is 27.4 Å². The molecule has 2 N–H and O–H groups in total. The van der Waals surface area contributed by atoms with E-state index in [2.05, 4.69) is 58.4 Å². The smallest absolute Gasteiger partial charge is 0.272 e. The Labute approximate surface area is 293 Å². The number of nitrogens with zero attached hydrogens (tertiary/aromatic N) is 2. The second-order valence-corrected chi connectivity index (χ2v) is 15.4. The molecule has 0 saturated carbocycles. The lowest BCUT2D eigenvalue weighted by atomic mass is 9.89. The molecule has 0 aliphatic carbocycles. The first-order chi connectivity index (χ1) is 22.7. The van der Waals surface area contributed by atoms with Crippen LogP contribution in [0.15, 0.2) is 72.8 Å². The van der Waals surface area contributed by atoms with Crippen molar-refractivity contribution in [3.05, 3.63) is 95.1 Å². The summed E-state index contributed by atoms with van der Waals surface area (Å²) < 4.78 is 11.5. The summed E-state index contributed by atoms with van der Waals surface area (Å²) in [6.45, 7) is 8.02. The fraction of sp³-hybridized carbons (Fsp3) is 0.486. The third-order valence-corrected chi connectivity index (χ3v) is 10.4. The summed E-state index contributed by atoms with van der Waals surface area (Å²) in [5.41, 5.74) is 5.78. The predicted octanol–water partition coefficient (Wildman–Crippen LogP) is 7.18. The third kappa shape index (κ3) is 8.52. The Kier molecular flexibility index (Phi) is 11.5. The molecule has 10 heteroatoms. The van der Waals surface area contributed by atoms with E-state index in [1.165, 1.54) is 38.8 Å². The van der Waals surface area contributed by atoms with E-state index < -0.39 is 16.0 Å². The van der Waals surface area contributed by atoms with Gasteiger partial charge in [-0.2, -0.15) is 0 Å². The Morgan fingerprint density at radius 1 is 0.894 bits per heavy atom. The SMILES string of the molecule is CC1C(CN2CCCC2CN2CCCC2)OC(c2ccc(-c3ccccc3CNC(=O)C(Cl)(Cl)Cl)cc2)OC1c1ccc(CO)cc1. The summed E-state index contributed by atoms with van der Waals surface area (Å²) in [7, 11) is 0. The van der Waals surface area contributed by atoms with E-state index in [-0.39, 0.29) is 31.3 Å². The van der Waals surface area contributed by atoms with Crippen LogP contribution in [0.4, 0.5) is 0 Å². The number of benzene rings is 3. The quantitative estimate of drug-likeness (QED) is 0.218. The summed E-state index contributed by atoms with van der Waals surface area (Å²) in [5.74, 6) is -0.534. The van der Waals surface area contributed by atoms with Gasteiger partial charge in [-0.3, -0.25) is 9.69 Å². The van der Waals surface area contributed by atoms with Crippen molar-refractivity contribution in [3.63, 3.8) is 0 Å². The zero-order valence-electron chi connectivity index (χ0n) is 26.8. The fourth-order valence-electron chi connectivity index (χ4n) is 7.22. The van der Waals surface area contributed by atoms with E-state index in [9.17, 15) is 9.90 Å². The summed E-state index contributed by atoms with van der Waals surface area (Å²) in [4.78, 5) is 17.4. The summed E-state index contributed by atoms with van der Waals surface area (Å²) in [6.07, 6.45) is 4.37. The van der Waals surface area contributed by atoms with E-state index in [1.807, 2.05) is 36.4 Å². The highest BCUT2D eigenvalue weighted by molar-refractivity contribution is 6.76. The maximum atomic E-state index is 12.2. The molecule has 3 fully saturated rings. The molecular weight excluding hydrogens is 657 g/mol. The number of ether oxygens (including phenoxy) is 2. The number of hydrogen-bond acceptors (Lipinski definition) is 6. The molecule has 3 saturated heterocycles. The molecule has 3 aromatic rings. The number of carbonyl (C=O) groups is 1. The van der Waals surface area contributed by atoms with Crippen molar-refractivity contribution in [3.8, 4) is 11.1 Å². The number of carbonyl (C=O) groups excluding carboxylic acids is 1. The van der Waals surface area contributed by atoms with Crippen LogP contribution in [-0.4, -0.2) is 69.5 Å². The molecule has 47 heavy (non-hydrogen) atoms. The highest BCUT2D eigenvalue weighted by Crippen LogP contribution is 2.43. The Bertz CT molecular complexity index is 1480. The van der Waals surface area contributed by atoms with Gasteiger partial charge in [0, 0.05) is 37.2 Å². The molecular formula is C37H44Cl3N3O4. The highest BCUT2D eigenvalue weighted by Gasteiger charge is 2.41. The van der Waals surface area contributed by atoms with Crippen LogP contribution < -0.4 is 5.32 Å². The maximum Gasteiger partial charge on any atom is 0.272 e. The molecule has 1 amide bonds. The van der Waals surface area contributed by atoms with Crippen molar-refractivity contribution >= 4 is 40.7 Å². The van der Waals surface area contributed by atoms with E-state index in [0.717, 1.165) is 53.0 Å². The van der Waals surface area contributed by atoms with Gasteiger partial charge in [-0.05, 0) is 73.1 Å². The Morgan fingerprint density at radius 2 is 1.60 bits per heavy atom. The molecule has 5 atom stereocenters. The van der Waals surface area contributed by atoms with E-state index >= 15 is 0 Å². The maximum absolute atomic E-state index is 12.2. The first-order valence-corrected chi connectivity index (χ1v) is 17.8. The monoisotopic (exact) mass is 699 g/mol. The van der Waals surface area contributed by atoms with Crippen LogP contribution in [0.5, 0.6) is 0 Å². The Balaban J connectivity index is 1.22. The van der Waals surface area contributed by atoms with Crippen LogP contribution in [0.2, 0.25) is 0 Å². The largest absolute Gasteiger partial charge is 0.392 e. The Hall–Kier alpha value is -2.20. The average molecular weight is 701 g/mol. The highest BCUT2D eigenvalue weighted by atomic mass is 35.6. The lowest BCUT2D eigenvalue weighted by Gasteiger charge is -2.43. The van der Waals surface area contributed by atoms with Gasteiger partial charge in [-0.15, -0.1) is 0 Å². The van der Waals surface area contributed by atoms with E-state index in [4.69, 9.17) is 44.3 Å². The lowest BCUT2D eigenvalue weighted by Crippen LogP contribution is -2.48. The van der Waals surface area contributed by atoms with E-state index in [0.29, 0.717) is 6.04 Å². The minimum Gasteiger partial charge on any atom is -0.392 e. The van der Waals surface area contributed by atoms with Crippen LogP contribution in [0.1, 0.15) is 67.3 Å². The van der Waals surface area contributed by atoms with Gasteiger partial charge in [-0.1, -0.05) is 115 Å². The van der Waals surface area contributed by atoms with Crippen LogP contribution in [0.3, 0.4) is 0 Å². The van der Waals surface area contributed by atoms with Crippen molar-refractivity contribution in [1.29, 1.82) is 0 Å². The van der Waals surface area contributed by atoms with Crippen molar-refractivity contribution < 1.29 is 19.4 Å². The van der Waals surface area contributed by atoms with Gasteiger partial charge in [0.2, 0.25) is 0 Å². The van der Waals surface area contributed by atoms with Gasteiger partial charge in [0.05, 0.1) is 18.8 Å². The zero-order valence-corrected chi connectivity index (χ0v) is 29.1. The average Bonchev–Trinajstić information content (AvgIpc) is 3.77. The molecule has 5 unspecified atom stereocenters. The number of halogens is 3. The minimum atomic E-state index is -2.02. The molecule has 0 bridgehead atoms. The molecule has 7 nitrogen and oxygen atoms in total. The predicted molar refractivity (Wildman–Crippen MR) is 187 cm³/mol. The van der Waals surface area contributed by atoms with Crippen LogP contribution >= 0.6 is 34.8 Å². The number of rotatable bonds is 10. The molecule has 6 rings (SSSR count). The molecule has 3 heterocycles. The van der Waals surface area contributed by atoms with Gasteiger partial charge in [0.15, 0.2) is 6.29 Å². The van der Waals surface area contributed by atoms with Crippen molar-refractivity contribution in [2.45, 2.75) is 74.1 Å². The molecule has 3 aliphatic rings. The third-order valence-electron chi connectivity index (χ3n) is 9.91.